The maximum atomic E-state index is 3.64. The van der Waals surface area contributed by atoms with Gasteiger partial charge in [-0.1, -0.05) is 22.0 Å². The predicted octanol–water partition coefficient (Wildman–Crippen LogP) is 2.49. The maximum absolute atomic E-state index is 3.64. The van der Waals surface area contributed by atoms with E-state index in [-0.39, 0.29) is 0 Å². The van der Waals surface area contributed by atoms with Crippen molar-refractivity contribution in [3.63, 3.8) is 0 Å². The smallest absolute Gasteiger partial charge is 0.0396 e. The van der Waals surface area contributed by atoms with Crippen molar-refractivity contribution in [3.8, 4) is 0 Å². The number of rotatable bonds is 3. The molecule has 0 spiro atoms. The zero-order valence-corrected chi connectivity index (χ0v) is 13.9. The molecule has 0 bridgehead atoms. The average Bonchev–Trinajstić information content (AvgIpc) is 2.38. The van der Waals surface area contributed by atoms with E-state index < -0.39 is 0 Å². The summed E-state index contributed by atoms with van der Waals surface area (Å²) >= 11 is 3.64. The van der Waals surface area contributed by atoms with Gasteiger partial charge in [-0.05, 0) is 45.6 Å². The lowest BCUT2D eigenvalue weighted by molar-refractivity contribution is 0.157. The number of hydrogen-bond donors (Lipinski definition) is 1. The third kappa shape index (κ3) is 3.30. The van der Waals surface area contributed by atoms with E-state index in [1.165, 1.54) is 15.7 Å². The molecule has 1 aromatic rings. The number of piperazine rings is 1. The van der Waals surface area contributed by atoms with E-state index in [4.69, 9.17) is 0 Å². The van der Waals surface area contributed by atoms with Gasteiger partial charge in [0.1, 0.15) is 0 Å². The largest absolute Gasteiger partial charge is 0.368 e. The molecule has 1 heterocycles. The van der Waals surface area contributed by atoms with Crippen LogP contribution in [0.1, 0.15) is 12.5 Å². The number of nitrogens with one attached hydrogen (secondary N) is 1. The summed E-state index contributed by atoms with van der Waals surface area (Å²) in [4.78, 5) is 4.98. The number of hydrogen-bond acceptors (Lipinski definition) is 3. The lowest BCUT2D eigenvalue weighted by Gasteiger charge is -2.45. The van der Waals surface area contributed by atoms with Crippen LogP contribution in [0.15, 0.2) is 22.7 Å². The van der Waals surface area contributed by atoms with Crippen molar-refractivity contribution in [1.29, 1.82) is 0 Å². The first-order chi connectivity index (χ1) is 9.02. The Morgan fingerprint density at radius 1 is 1.37 bits per heavy atom. The lowest BCUT2D eigenvalue weighted by Crippen LogP contribution is -2.58. The highest BCUT2D eigenvalue weighted by molar-refractivity contribution is 9.10. The van der Waals surface area contributed by atoms with Crippen molar-refractivity contribution < 1.29 is 0 Å². The normalized spacial score (nSPS) is 24.8. The van der Waals surface area contributed by atoms with Crippen LogP contribution in [0.25, 0.3) is 0 Å². The predicted molar refractivity (Wildman–Crippen MR) is 86.0 cm³/mol. The van der Waals surface area contributed by atoms with E-state index in [2.05, 4.69) is 70.1 Å². The number of halogens is 1. The third-order valence-electron chi connectivity index (χ3n) is 4.15. The van der Waals surface area contributed by atoms with Crippen molar-refractivity contribution in [2.75, 3.05) is 38.6 Å². The molecule has 0 saturated carbocycles. The first kappa shape index (κ1) is 14.8. The molecule has 2 unspecified atom stereocenters. The third-order valence-corrected chi connectivity index (χ3v) is 5.00. The zero-order chi connectivity index (χ0) is 14.0. The fourth-order valence-corrected chi connectivity index (χ4v) is 3.07. The van der Waals surface area contributed by atoms with Crippen LogP contribution in [0.3, 0.4) is 0 Å². The van der Waals surface area contributed by atoms with Gasteiger partial charge in [0.2, 0.25) is 0 Å². The second-order valence-corrected chi connectivity index (χ2v) is 6.42. The van der Waals surface area contributed by atoms with Gasteiger partial charge < -0.3 is 10.2 Å². The minimum atomic E-state index is 0.564. The molecule has 1 saturated heterocycles. The van der Waals surface area contributed by atoms with Crippen molar-refractivity contribution in [2.45, 2.75) is 25.9 Å². The first-order valence-corrected chi connectivity index (χ1v) is 7.70. The van der Waals surface area contributed by atoms with Gasteiger partial charge in [-0.3, -0.25) is 4.90 Å². The van der Waals surface area contributed by atoms with Gasteiger partial charge in [0.05, 0.1) is 0 Å². The molecule has 1 N–H and O–H groups in total. The number of anilines is 1. The van der Waals surface area contributed by atoms with Crippen LogP contribution in [0.4, 0.5) is 5.69 Å². The Morgan fingerprint density at radius 3 is 2.74 bits per heavy atom. The van der Waals surface area contributed by atoms with Crippen LogP contribution in [0, 0.1) is 6.92 Å². The molecule has 2 rings (SSSR count). The molecular weight excluding hydrogens is 302 g/mol. The van der Waals surface area contributed by atoms with E-state index in [1.54, 1.807) is 0 Å². The van der Waals surface area contributed by atoms with Crippen LogP contribution >= 0.6 is 15.9 Å². The summed E-state index contributed by atoms with van der Waals surface area (Å²) < 4.78 is 1.20. The fraction of sp³-hybridized carbons (Fsp3) is 0.600. The van der Waals surface area contributed by atoms with Crippen LogP contribution < -0.4 is 10.2 Å². The molecule has 2 atom stereocenters. The molecule has 0 aromatic heterocycles. The molecule has 19 heavy (non-hydrogen) atoms. The summed E-state index contributed by atoms with van der Waals surface area (Å²) in [6, 6.07) is 7.80. The topological polar surface area (TPSA) is 18.5 Å². The average molecular weight is 326 g/mol. The Hall–Kier alpha value is -0.580. The number of benzene rings is 1. The lowest BCUT2D eigenvalue weighted by atomic mass is 10.1. The minimum absolute atomic E-state index is 0.564. The zero-order valence-electron chi connectivity index (χ0n) is 12.3. The highest BCUT2D eigenvalue weighted by atomic mass is 79.9. The number of nitrogens with zero attached hydrogens (tertiary/aromatic N) is 2. The van der Waals surface area contributed by atoms with E-state index in [0.29, 0.717) is 12.1 Å². The molecule has 0 aliphatic carbocycles. The van der Waals surface area contributed by atoms with Gasteiger partial charge >= 0.3 is 0 Å². The SMILES string of the molecule is CNCC1CN(c2ccc(C)c(Br)c2)CC(C)N1C. The Morgan fingerprint density at radius 2 is 2.11 bits per heavy atom. The Balaban J connectivity index is 2.17. The second-order valence-electron chi connectivity index (χ2n) is 5.56. The molecule has 1 fully saturated rings. The van der Waals surface area contributed by atoms with E-state index >= 15 is 0 Å². The van der Waals surface area contributed by atoms with Gasteiger partial charge in [0.15, 0.2) is 0 Å². The van der Waals surface area contributed by atoms with Crippen LogP contribution in [0.5, 0.6) is 0 Å². The van der Waals surface area contributed by atoms with E-state index in [9.17, 15) is 0 Å². The molecular formula is C15H24BrN3. The number of aryl methyl sites for hydroxylation is 1. The first-order valence-electron chi connectivity index (χ1n) is 6.90. The molecule has 106 valence electrons. The summed E-state index contributed by atoms with van der Waals surface area (Å²) in [5, 5.41) is 3.30. The van der Waals surface area contributed by atoms with Crippen molar-refractivity contribution in [1.82, 2.24) is 10.2 Å². The monoisotopic (exact) mass is 325 g/mol. The summed E-state index contributed by atoms with van der Waals surface area (Å²) in [6.07, 6.45) is 0. The van der Waals surface area contributed by atoms with Gasteiger partial charge in [-0.15, -0.1) is 0 Å². The van der Waals surface area contributed by atoms with Crippen molar-refractivity contribution >= 4 is 21.6 Å². The second kappa shape index (κ2) is 6.25. The molecule has 1 aromatic carbocycles. The Bertz CT molecular complexity index is 435. The highest BCUT2D eigenvalue weighted by Gasteiger charge is 2.29. The quantitative estimate of drug-likeness (QED) is 0.921. The molecule has 0 amide bonds. The summed E-state index contributed by atoms with van der Waals surface area (Å²) in [6.45, 7) is 7.64. The Kier molecular flexibility index (Phi) is 4.87. The van der Waals surface area contributed by atoms with Crippen molar-refractivity contribution in [3.05, 3.63) is 28.2 Å². The minimum Gasteiger partial charge on any atom is -0.368 e. The fourth-order valence-electron chi connectivity index (χ4n) is 2.70. The molecule has 0 radical (unpaired) electrons. The van der Waals surface area contributed by atoms with Crippen molar-refractivity contribution in [2.24, 2.45) is 0 Å². The van der Waals surface area contributed by atoms with E-state index in [0.717, 1.165) is 19.6 Å². The van der Waals surface area contributed by atoms with Crippen LogP contribution in [0.2, 0.25) is 0 Å². The molecule has 3 nitrogen and oxygen atoms in total. The highest BCUT2D eigenvalue weighted by Crippen LogP contribution is 2.26. The number of likely N-dealkylation sites (N-methyl/N-ethyl adjacent to an activating group) is 2. The maximum Gasteiger partial charge on any atom is 0.0396 e. The van der Waals surface area contributed by atoms with Crippen LogP contribution in [-0.2, 0) is 0 Å². The molecule has 1 aliphatic rings. The standard InChI is InChI=1S/C15H24BrN3/c1-11-5-6-13(7-15(11)16)19-9-12(2)18(4)14(10-19)8-17-3/h5-7,12,14,17H,8-10H2,1-4H3. The van der Waals surface area contributed by atoms with Gasteiger partial charge in [-0.2, -0.15) is 0 Å². The molecule has 4 heteroatoms. The molecule has 1 aliphatic heterocycles. The summed E-state index contributed by atoms with van der Waals surface area (Å²) in [5.74, 6) is 0. The van der Waals surface area contributed by atoms with E-state index in [1.807, 2.05) is 7.05 Å². The Labute approximate surface area is 125 Å². The summed E-state index contributed by atoms with van der Waals surface area (Å²) in [7, 11) is 4.26. The van der Waals surface area contributed by atoms with Gasteiger partial charge in [0.25, 0.3) is 0 Å². The van der Waals surface area contributed by atoms with Crippen LogP contribution in [-0.4, -0.2) is 50.7 Å². The van der Waals surface area contributed by atoms with Gasteiger partial charge in [0, 0.05) is 41.9 Å². The van der Waals surface area contributed by atoms with Gasteiger partial charge in [-0.25, -0.2) is 0 Å². The summed E-state index contributed by atoms with van der Waals surface area (Å²) in [5.41, 5.74) is 2.61.